The first-order valence-electron chi connectivity index (χ1n) is 14.3. The molecule has 222 valence electrons. The highest BCUT2D eigenvalue weighted by Gasteiger charge is 2.22. The van der Waals surface area contributed by atoms with Gasteiger partial charge >= 0.3 is 5.97 Å². The largest absolute Gasteiger partial charge is 0.462 e. The molecule has 1 fully saturated rings. The van der Waals surface area contributed by atoms with Crippen molar-refractivity contribution in [3.63, 3.8) is 0 Å². The number of ether oxygens (including phenoxy) is 1. The average molecular weight is 591 g/mol. The number of likely N-dealkylation sites (N-methyl/N-ethyl adjacent to an activating group) is 1. The number of amides is 2. The third-order valence-electron chi connectivity index (χ3n) is 6.81. The van der Waals surface area contributed by atoms with Gasteiger partial charge in [0.2, 0.25) is 11.8 Å². The summed E-state index contributed by atoms with van der Waals surface area (Å²) in [5, 5.41) is 0.634. The first kappa shape index (κ1) is 32.5. The third-order valence-corrected chi connectivity index (χ3v) is 7.04. The van der Waals surface area contributed by atoms with E-state index in [1.54, 1.807) is 41.2 Å². The Morgan fingerprint density at radius 2 is 1.76 bits per heavy atom. The highest BCUT2D eigenvalue weighted by molar-refractivity contribution is 6.32. The number of benzodiazepines with no additional fused rings is 1. The Morgan fingerprint density at radius 3 is 2.38 bits per heavy atom. The third kappa shape index (κ3) is 9.80. The van der Waals surface area contributed by atoms with Gasteiger partial charge in [0.15, 0.2) is 0 Å². The summed E-state index contributed by atoms with van der Waals surface area (Å²) >= 11 is 6.11. The van der Waals surface area contributed by atoms with E-state index in [4.69, 9.17) is 16.3 Å². The van der Waals surface area contributed by atoms with Crippen LogP contribution in [0, 0.1) is 0 Å². The second-order valence-corrected chi connectivity index (χ2v) is 10.4. The molecule has 2 aromatic carbocycles. The van der Waals surface area contributed by atoms with Crippen molar-refractivity contribution < 1.29 is 19.1 Å². The Morgan fingerprint density at radius 1 is 0.976 bits per heavy atom. The minimum atomic E-state index is -0.278. The topological polar surface area (TPSA) is 92.2 Å². The summed E-state index contributed by atoms with van der Waals surface area (Å²) in [4.78, 5) is 45.7. The standard InChI is InChI=1S/C16H13ClN2O.C12H17NO2.C5H9NO/c1-19-14-8-7-12(17)9-13(14)16(18-10-15(19)20)11-5-3-2-4-6-11;1-2-3-4-5-9-15-12(14)11-7-6-8-13-10-11;1-6-4-2-3-5(6)7/h2-9H,10H2,1H3;6-8,10H,2-5,9H2,1H3;2-4H2,1H3. The van der Waals surface area contributed by atoms with E-state index in [2.05, 4.69) is 16.9 Å². The molecule has 2 aliphatic rings. The number of carbonyl (C=O) groups is 3. The number of aromatic nitrogens is 1. The van der Waals surface area contributed by atoms with E-state index < -0.39 is 0 Å². The van der Waals surface area contributed by atoms with Crippen LogP contribution in [0.15, 0.2) is 78.0 Å². The Kier molecular flexibility index (Phi) is 13.2. The molecular formula is C33H39ClN4O4. The van der Waals surface area contributed by atoms with Gasteiger partial charge in [-0.3, -0.25) is 19.6 Å². The van der Waals surface area contributed by atoms with E-state index in [1.807, 2.05) is 49.5 Å². The highest BCUT2D eigenvalue weighted by atomic mass is 35.5. The number of nitrogens with zero attached hydrogens (tertiary/aromatic N) is 4. The number of rotatable bonds is 7. The van der Waals surface area contributed by atoms with Gasteiger partial charge in [0.05, 0.1) is 23.6 Å². The van der Waals surface area contributed by atoms with Crippen molar-refractivity contribution in [2.45, 2.75) is 45.4 Å². The number of unbranched alkanes of at least 4 members (excludes halogenated alkanes) is 3. The lowest BCUT2D eigenvalue weighted by molar-refractivity contribution is -0.126. The van der Waals surface area contributed by atoms with Crippen LogP contribution in [0.2, 0.25) is 5.02 Å². The van der Waals surface area contributed by atoms with Gasteiger partial charge in [0.1, 0.15) is 6.54 Å². The minimum absolute atomic E-state index is 0.0282. The predicted octanol–water partition coefficient (Wildman–Crippen LogP) is 6.21. The van der Waals surface area contributed by atoms with E-state index in [1.165, 1.54) is 19.0 Å². The number of likely N-dealkylation sites (tertiary alicyclic amines) is 1. The molecule has 0 bridgehead atoms. The zero-order valence-electron chi connectivity index (χ0n) is 24.6. The zero-order chi connectivity index (χ0) is 30.3. The van der Waals surface area contributed by atoms with Crippen LogP contribution < -0.4 is 4.90 Å². The van der Waals surface area contributed by atoms with Crippen LogP contribution in [0.4, 0.5) is 5.69 Å². The Hall–Kier alpha value is -4.04. The van der Waals surface area contributed by atoms with Crippen LogP contribution in [0.3, 0.4) is 0 Å². The lowest BCUT2D eigenvalue weighted by Gasteiger charge is -2.18. The molecule has 2 amide bonds. The lowest BCUT2D eigenvalue weighted by Crippen LogP contribution is -2.27. The molecule has 3 heterocycles. The minimum Gasteiger partial charge on any atom is -0.462 e. The number of anilines is 1. The Bertz CT molecular complexity index is 1350. The van der Waals surface area contributed by atoms with Gasteiger partial charge in [-0.25, -0.2) is 4.79 Å². The molecule has 0 aliphatic carbocycles. The number of halogens is 1. The van der Waals surface area contributed by atoms with Crippen molar-refractivity contribution in [2.24, 2.45) is 4.99 Å². The number of benzene rings is 2. The number of esters is 1. The smallest absolute Gasteiger partial charge is 0.339 e. The van der Waals surface area contributed by atoms with E-state index in [9.17, 15) is 14.4 Å². The molecule has 0 spiro atoms. The molecule has 0 radical (unpaired) electrons. The molecule has 0 unspecified atom stereocenters. The van der Waals surface area contributed by atoms with Crippen molar-refractivity contribution >= 4 is 40.8 Å². The summed E-state index contributed by atoms with van der Waals surface area (Å²) in [7, 11) is 3.61. The number of pyridine rings is 1. The number of hydrogen-bond acceptors (Lipinski definition) is 6. The normalized spacial score (nSPS) is 14.0. The van der Waals surface area contributed by atoms with Gasteiger partial charge in [-0.05, 0) is 43.2 Å². The van der Waals surface area contributed by atoms with Crippen LogP contribution in [0.25, 0.3) is 0 Å². The molecule has 9 heteroatoms. The molecule has 2 aliphatic heterocycles. The monoisotopic (exact) mass is 590 g/mol. The summed E-state index contributed by atoms with van der Waals surface area (Å²) < 4.78 is 5.10. The predicted molar refractivity (Wildman–Crippen MR) is 167 cm³/mol. The molecule has 1 aromatic heterocycles. The van der Waals surface area contributed by atoms with E-state index >= 15 is 0 Å². The Labute approximate surface area is 253 Å². The fourth-order valence-corrected chi connectivity index (χ4v) is 4.52. The van der Waals surface area contributed by atoms with Crippen molar-refractivity contribution in [3.8, 4) is 0 Å². The summed E-state index contributed by atoms with van der Waals surface area (Å²) in [5.41, 5.74) is 4.03. The molecule has 0 atom stereocenters. The fraction of sp³-hybridized carbons (Fsp3) is 0.364. The fourth-order valence-electron chi connectivity index (χ4n) is 4.35. The SMILES string of the molecule is CCCCCCOC(=O)c1cccnc1.CN1C(=O)CN=C(c2ccccc2)c2cc(Cl)ccc21.CN1CCCC1=O. The quantitative estimate of drug-likeness (QED) is 0.241. The maximum absolute atomic E-state index is 12.0. The van der Waals surface area contributed by atoms with Gasteiger partial charge < -0.3 is 14.5 Å². The van der Waals surface area contributed by atoms with Crippen LogP contribution in [-0.2, 0) is 14.3 Å². The number of carbonyl (C=O) groups excluding carboxylic acids is 3. The maximum Gasteiger partial charge on any atom is 0.339 e. The second-order valence-electron chi connectivity index (χ2n) is 10.0. The number of aliphatic imine (C=N–C) groups is 1. The van der Waals surface area contributed by atoms with Crippen LogP contribution >= 0.6 is 11.6 Å². The molecule has 0 N–H and O–H groups in total. The van der Waals surface area contributed by atoms with Crippen LogP contribution in [-0.4, -0.2) is 67.2 Å². The van der Waals surface area contributed by atoms with Crippen molar-refractivity contribution in [1.29, 1.82) is 0 Å². The van der Waals surface area contributed by atoms with Gasteiger partial charge in [0, 0.05) is 55.6 Å². The highest BCUT2D eigenvalue weighted by Crippen LogP contribution is 2.28. The maximum atomic E-state index is 12.0. The van der Waals surface area contributed by atoms with Gasteiger partial charge in [0.25, 0.3) is 0 Å². The number of fused-ring (bicyclic) bond motifs is 1. The molecule has 3 aromatic rings. The lowest BCUT2D eigenvalue weighted by atomic mass is 10.0. The molecule has 42 heavy (non-hydrogen) atoms. The first-order chi connectivity index (χ1) is 20.3. The van der Waals surface area contributed by atoms with E-state index in [-0.39, 0.29) is 18.4 Å². The van der Waals surface area contributed by atoms with Crippen LogP contribution in [0.5, 0.6) is 0 Å². The summed E-state index contributed by atoms with van der Waals surface area (Å²) in [5.74, 6) is -0.0147. The summed E-state index contributed by atoms with van der Waals surface area (Å²) in [6, 6.07) is 18.8. The van der Waals surface area contributed by atoms with Gasteiger partial charge in [-0.2, -0.15) is 0 Å². The molecule has 1 saturated heterocycles. The van der Waals surface area contributed by atoms with Crippen molar-refractivity contribution in [2.75, 3.05) is 38.7 Å². The zero-order valence-corrected chi connectivity index (χ0v) is 25.3. The average Bonchev–Trinajstić information content (AvgIpc) is 3.34. The second kappa shape index (κ2) is 17.0. The molecule has 0 saturated carbocycles. The van der Waals surface area contributed by atoms with Gasteiger partial charge in [-0.1, -0.05) is 68.1 Å². The first-order valence-corrected chi connectivity index (χ1v) is 14.7. The van der Waals surface area contributed by atoms with Gasteiger partial charge in [-0.15, -0.1) is 0 Å². The summed E-state index contributed by atoms with van der Waals surface area (Å²) in [6.45, 7) is 3.77. The van der Waals surface area contributed by atoms with E-state index in [0.717, 1.165) is 54.8 Å². The van der Waals surface area contributed by atoms with Crippen LogP contribution in [0.1, 0.15) is 66.9 Å². The Balaban J connectivity index is 0.000000193. The van der Waals surface area contributed by atoms with Crippen molar-refractivity contribution in [1.82, 2.24) is 9.88 Å². The molecule has 8 nitrogen and oxygen atoms in total. The van der Waals surface area contributed by atoms with E-state index in [0.29, 0.717) is 23.1 Å². The number of hydrogen-bond donors (Lipinski definition) is 0. The van der Waals surface area contributed by atoms with Crippen molar-refractivity contribution in [3.05, 3.63) is 94.8 Å². The molecular weight excluding hydrogens is 552 g/mol. The summed E-state index contributed by atoms with van der Waals surface area (Å²) in [6.07, 6.45) is 9.43. The molecule has 5 rings (SSSR count).